The molecule has 0 N–H and O–H groups in total. The number of halogens is 1. The quantitative estimate of drug-likeness (QED) is 0.296. The highest BCUT2D eigenvalue weighted by atomic mass is 19.1. The van der Waals surface area contributed by atoms with Crippen LogP contribution >= 0.6 is 0 Å². The third-order valence-corrected chi connectivity index (χ3v) is 3.80. The molecule has 160 valence electrons. The van der Waals surface area contributed by atoms with Gasteiger partial charge in [0.25, 0.3) is 11.6 Å². The predicted molar refractivity (Wildman–Crippen MR) is 98.6 cm³/mol. The molecule has 0 bridgehead atoms. The van der Waals surface area contributed by atoms with Crippen molar-refractivity contribution in [2.24, 2.45) is 0 Å². The number of methoxy groups -OCH3 is 1. The van der Waals surface area contributed by atoms with Crippen molar-refractivity contribution in [3.63, 3.8) is 0 Å². The van der Waals surface area contributed by atoms with E-state index >= 15 is 0 Å². The Morgan fingerprint density at radius 3 is 2.42 bits per heavy atom. The van der Waals surface area contributed by atoms with E-state index in [4.69, 9.17) is 14.0 Å². The first kappa shape index (κ1) is 21.4. The summed E-state index contributed by atoms with van der Waals surface area (Å²) < 4.78 is 32.7. The van der Waals surface area contributed by atoms with Gasteiger partial charge in [0.1, 0.15) is 11.6 Å². The number of carbonyl (C=O) groups excluding carboxylic acids is 2. The zero-order valence-electron chi connectivity index (χ0n) is 15.9. The summed E-state index contributed by atoms with van der Waals surface area (Å²) in [7, 11) is 1.10. The van der Waals surface area contributed by atoms with Gasteiger partial charge >= 0.3 is 11.9 Å². The van der Waals surface area contributed by atoms with E-state index in [9.17, 15) is 24.1 Å². The highest BCUT2D eigenvalue weighted by Gasteiger charge is 2.20. The molecule has 0 atom stereocenters. The number of nitro groups is 1. The van der Waals surface area contributed by atoms with Gasteiger partial charge in [0.2, 0.25) is 5.82 Å². The largest absolute Gasteiger partial charge is 0.485 e. The first-order valence-corrected chi connectivity index (χ1v) is 8.60. The van der Waals surface area contributed by atoms with Crippen molar-refractivity contribution in [1.82, 2.24) is 10.1 Å². The molecule has 12 heteroatoms. The molecule has 3 aromatic rings. The lowest BCUT2D eigenvalue weighted by atomic mass is 10.1. The molecular formula is C19H14FN3O8. The van der Waals surface area contributed by atoms with E-state index in [1.54, 1.807) is 0 Å². The van der Waals surface area contributed by atoms with Crippen LogP contribution in [-0.4, -0.2) is 34.1 Å². The van der Waals surface area contributed by atoms with Gasteiger partial charge in [-0.3, -0.25) is 10.1 Å². The highest BCUT2D eigenvalue weighted by molar-refractivity contribution is 5.96. The molecule has 3 rings (SSSR count). The van der Waals surface area contributed by atoms with E-state index in [0.29, 0.717) is 5.75 Å². The first-order valence-electron chi connectivity index (χ1n) is 8.60. The smallest absolute Gasteiger partial charge is 0.338 e. The lowest BCUT2D eigenvalue weighted by Crippen LogP contribution is -2.09. The number of nitrogens with zero attached hydrogens (tertiary/aromatic N) is 3. The van der Waals surface area contributed by atoms with Gasteiger partial charge in [-0.2, -0.15) is 4.98 Å². The highest BCUT2D eigenvalue weighted by Crippen LogP contribution is 2.19. The molecular weight excluding hydrogens is 417 g/mol. The second-order valence-corrected chi connectivity index (χ2v) is 5.94. The minimum absolute atomic E-state index is 0.0512. The van der Waals surface area contributed by atoms with Gasteiger partial charge in [-0.1, -0.05) is 5.16 Å². The van der Waals surface area contributed by atoms with Crippen molar-refractivity contribution in [2.45, 2.75) is 13.2 Å². The topological polar surface area (TPSA) is 144 Å². The summed E-state index contributed by atoms with van der Waals surface area (Å²) >= 11 is 0. The van der Waals surface area contributed by atoms with Crippen LogP contribution in [0.3, 0.4) is 0 Å². The number of aromatic nitrogens is 2. The van der Waals surface area contributed by atoms with Gasteiger partial charge < -0.3 is 18.7 Å². The number of hydrogen-bond acceptors (Lipinski definition) is 10. The van der Waals surface area contributed by atoms with Crippen molar-refractivity contribution >= 4 is 17.6 Å². The van der Waals surface area contributed by atoms with Crippen LogP contribution in [0.2, 0.25) is 0 Å². The zero-order valence-corrected chi connectivity index (χ0v) is 15.9. The normalized spacial score (nSPS) is 10.4. The molecule has 31 heavy (non-hydrogen) atoms. The van der Waals surface area contributed by atoms with E-state index < -0.39 is 35.0 Å². The Kier molecular flexibility index (Phi) is 6.50. The minimum atomic E-state index is -0.948. The van der Waals surface area contributed by atoms with Crippen LogP contribution in [0.15, 0.2) is 47.0 Å². The third kappa shape index (κ3) is 5.59. The monoisotopic (exact) mass is 431 g/mol. The van der Waals surface area contributed by atoms with Crippen molar-refractivity contribution in [3.05, 3.63) is 81.2 Å². The van der Waals surface area contributed by atoms with Crippen molar-refractivity contribution in [1.29, 1.82) is 0 Å². The molecule has 0 saturated carbocycles. The summed E-state index contributed by atoms with van der Waals surface area (Å²) in [5.74, 6) is -1.70. The molecule has 0 aliphatic rings. The number of hydrogen-bond donors (Lipinski definition) is 0. The second-order valence-electron chi connectivity index (χ2n) is 5.94. The fraction of sp³-hybridized carbons (Fsp3) is 0.158. The van der Waals surface area contributed by atoms with Crippen LogP contribution in [0.5, 0.6) is 5.75 Å². The van der Waals surface area contributed by atoms with Gasteiger partial charge in [0.15, 0.2) is 13.2 Å². The molecule has 0 unspecified atom stereocenters. The zero-order chi connectivity index (χ0) is 22.4. The van der Waals surface area contributed by atoms with Crippen LogP contribution in [0, 0.1) is 15.9 Å². The van der Waals surface area contributed by atoms with E-state index in [0.717, 1.165) is 25.3 Å². The number of carbonyl (C=O) groups is 2. The summed E-state index contributed by atoms with van der Waals surface area (Å²) in [6.45, 7) is -0.491. The minimum Gasteiger partial charge on any atom is -0.485 e. The Hall–Kier alpha value is -4.35. The van der Waals surface area contributed by atoms with Crippen molar-refractivity contribution in [2.75, 3.05) is 7.11 Å². The fourth-order valence-electron chi connectivity index (χ4n) is 2.37. The van der Waals surface area contributed by atoms with E-state index in [1.165, 1.54) is 24.3 Å². The Bertz CT molecular complexity index is 1110. The van der Waals surface area contributed by atoms with Crippen LogP contribution in [-0.2, 0) is 22.7 Å². The average molecular weight is 431 g/mol. The molecule has 0 saturated heterocycles. The predicted octanol–water partition coefficient (Wildman–Crippen LogP) is 2.84. The number of rotatable bonds is 8. The van der Waals surface area contributed by atoms with E-state index in [2.05, 4.69) is 14.9 Å². The van der Waals surface area contributed by atoms with E-state index in [1.807, 2.05) is 0 Å². The van der Waals surface area contributed by atoms with E-state index in [-0.39, 0.29) is 29.4 Å². The molecule has 0 amide bonds. The standard InChI is InChI=1S/C19H14FN3O8/c1-28-18(24)11-6-12(8-14(7-11)23(26)27)19(25)30-10-17-21-16(22-31-17)9-29-15-4-2-13(20)3-5-15/h2-8H,9-10H2,1H3. The second kappa shape index (κ2) is 9.43. The maximum Gasteiger partial charge on any atom is 0.338 e. The summed E-state index contributed by atoms with van der Waals surface area (Å²) in [4.78, 5) is 38.2. The lowest BCUT2D eigenvalue weighted by molar-refractivity contribution is -0.384. The summed E-state index contributed by atoms with van der Waals surface area (Å²) in [5.41, 5.74) is -0.886. The molecule has 0 fully saturated rings. The molecule has 1 aromatic heterocycles. The van der Waals surface area contributed by atoms with Gasteiger partial charge in [0.05, 0.1) is 23.2 Å². The molecule has 0 radical (unpaired) electrons. The molecule has 1 heterocycles. The maximum absolute atomic E-state index is 12.9. The van der Waals surface area contributed by atoms with Crippen molar-refractivity contribution in [3.8, 4) is 5.75 Å². The molecule has 2 aromatic carbocycles. The summed E-state index contributed by atoms with van der Waals surface area (Å²) in [6, 6.07) is 8.38. The van der Waals surface area contributed by atoms with Gasteiger partial charge in [-0.05, 0) is 30.3 Å². The number of nitro benzene ring substituents is 1. The fourth-order valence-corrected chi connectivity index (χ4v) is 2.37. The van der Waals surface area contributed by atoms with Crippen LogP contribution in [0.1, 0.15) is 32.4 Å². The van der Waals surface area contributed by atoms with Crippen LogP contribution < -0.4 is 4.74 Å². The van der Waals surface area contributed by atoms with Gasteiger partial charge in [0, 0.05) is 12.1 Å². The molecule has 0 aliphatic carbocycles. The van der Waals surface area contributed by atoms with Gasteiger partial charge in [-0.15, -0.1) is 0 Å². The lowest BCUT2D eigenvalue weighted by Gasteiger charge is -2.05. The van der Waals surface area contributed by atoms with Crippen LogP contribution in [0.25, 0.3) is 0 Å². The summed E-state index contributed by atoms with van der Waals surface area (Å²) in [6.07, 6.45) is 0. The molecule has 11 nitrogen and oxygen atoms in total. The Morgan fingerprint density at radius 1 is 1.10 bits per heavy atom. The molecule has 0 aliphatic heterocycles. The Labute approximate surface area is 173 Å². The first-order chi connectivity index (χ1) is 14.9. The van der Waals surface area contributed by atoms with Crippen molar-refractivity contribution < 1.29 is 37.6 Å². The maximum atomic E-state index is 12.9. The number of esters is 2. The average Bonchev–Trinajstić information content (AvgIpc) is 3.24. The Morgan fingerprint density at radius 2 is 1.77 bits per heavy atom. The number of non-ortho nitro benzene ring substituents is 1. The van der Waals surface area contributed by atoms with Gasteiger partial charge in [-0.25, -0.2) is 14.0 Å². The third-order valence-electron chi connectivity index (χ3n) is 3.80. The number of benzene rings is 2. The summed E-state index contributed by atoms with van der Waals surface area (Å²) in [5, 5.41) is 14.7. The van der Waals surface area contributed by atoms with Crippen LogP contribution in [0.4, 0.5) is 10.1 Å². The molecule has 0 spiro atoms. The Balaban J connectivity index is 1.62. The SMILES string of the molecule is COC(=O)c1cc(C(=O)OCc2nc(COc3ccc(F)cc3)no2)cc([N+](=O)[O-])c1. The number of ether oxygens (including phenoxy) is 3.